The van der Waals surface area contributed by atoms with E-state index in [4.69, 9.17) is 29.6 Å². The highest BCUT2D eigenvalue weighted by atomic mass is 16.5. The Kier molecular flexibility index (Phi) is 18.9. The first kappa shape index (κ1) is 64.4. The van der Waals surface area contributed by atoms with Gasteiger partial charge < -0.3 is 14.2 Å². The fraction of sp³-hybridized carbons (Fsp3) is 0.0741. The molecular weight excluding hydrogens is 1240 g/mol. The Balaban J connectivity index is 0.845. The highest BCUT2D eigenvalue weighted by Gasteiger charge is 2.25. The zero-order chi connectivity index (χ0) is 68.4. The Morgan fingerprint density at radius 1 is 0.232 bits per heavy atom. The van der Waals surface area contributed by atoms with Crippen LogP contribution in [-0.2, 0) is 0 Å². The number of aryl methyl sites for hydroxylation is 6. The van der Waals surface area contributed by atoms with Crippen molar-refractivity contribution in [3.05, 3.63) is 305 Å². The molecule has 0 unspecified atom stereocenters. The van der Waals surface area contributed by atoms with Gasteiger partial charge in [-0.2, -0.15) is 46.0 Å². The van der Waals surface area contributed by atoms with Gasteiger partial charge in [0.05, 0.1) is 67.9 Å². The summed E-state index contributed by atoms with van der Waals surface area (Å²) in [4.78, 5) is 45.0. The molecule has 13 aromatic carbocycles. The van der Waals surface area contributed by atoms with Crippen molar-refractivity contribution in [3.63, 3.8) is 0 Å². The molecule has 13 rings (SSSR count). The Morgan fingerprint density at radius 3 is 0.768 bits per heavy atom. The molecule has 0 saturated carbocycles. The van der Waals surface area contributed by atoms with Crippen molar-refractivity contribution in [2.75, 3.05) is 0 Å². The van der Waals surface area contributed by atoms with E-state index in [-0.39, 0.29) is 51.0 Å². The third-order valence-corrected chi connectivity index (χ3v) is 16.3. The molecule has 0 bridgehead atoms. The minimum atomic E-state index is -0.957. The normalized spacial score (nSPS) is 11.8. The Labute approximate surface area is 569 Å². The molecule has 0 aliphatic rings. The van der Waals surface area contributed by atoms with Gasteiger partial charge in [0.25, 0.3) is 0 Å². The molecule has 0 aliphatic carbocycles. The average molecular weight is 1300 g/mol. The molecule has 0 saturated heterocycles. The first-order valence-electron chi connectivity index (χ1n) is 31.6. The summed E-state index contributed by atoms with van der Waals surface area (Å²) in [5.74, 6) is -2.77. The molecule has 480 valence electrons. The molecule has 0 radical (unpaired) electrons. The van der Waals surface area contributed by atoms with Gasteiger partial charge in [-0.1, -0.05) is 146 Å². The van der Waals surface area contributed by atoms with Crippen molar-refractivity contribution in [2.24, 2.45) is 61.4 Å². The number of nitrogens with zero attached hydrogens (tertiary/aromatic N) is 12. The second-order valence-electron chi connectivity index (χ2n) is 23.3. The fourth-order valence-corrected chi connectivity index (χ4v) is 10.8. The van der Waals surface area contributed by atoms with Crippen LogP contribution in [0.5, 0.6) is 17.2 Å². The monoisotopic (exact) mass is 1300 g/mol. The van der Waals surface area contributed by atoms with Crippen molar-refractivity contribution < 1.29 is 28.6 Å². The van der Waals surface area contributed by atoms with Crippen LogP contribution in [0.4, 0.5) is 68.2 Å². The number of esters is 3. The predicted molar refractivity (Wildman–Crippen MR) is 385 cm³/mol. The summed E-state index contributed by atoms with van der Waals surface area (Å²) in [5.41, 5.74) is 11.0. The van der Waals surface area contributed by atoms with E-state index in [1.165, 1.54) is 18.2 Å². The van der Waals surface area contributed by atoms with E-state index in [0.717, 1.165) is 66.6 Å². The smallest absolute Gasteiger partial charge is 0.343 e. The van der Waals surface area contributed by atoms with Crippen LogP contribution >= 0.6 is 0 Å². The van der Waals surface area contributed by atoms with Gasteiger partial charge in [0.2, 0.25) is 0 Å². The first-order valence-corrected chi connectivity index (χ1v) is 31.6. The van der Waals surface area contributed by atoms with Gasteiger partial charge in [-0.25, -0.2) is 14.4 Å². The quantitative estimate of drug-likeness (QED) is 0.0461. The van der Waals surface area contributed by atoms with Crippen LogP contribution in [0.3, 0.4) is 0 Å². The Morgan fingerprint density at radius 2 is 0.485 bits per heavy atom. The van der Waals surface area contributed by atoms with Gasteiger partial charge in [-0.15, -0.1) is 15.3 Å². The van der Waals surface area contributed by atoms with Crippen molar-refractivity contribution in [3.8, 4) is 17.2 Å². The molecule has 0 amide bonds. The predicted octanol–water partition coefficient (Wildman–Crippen LogP) is 25.1. The Bertz CT molecular complexity index is 5000. The van der Waals surface area contributed by atoms with Crippen molar-refractivity contribution in [1.82, 2.24) is 0 Å². The molecule has 0 aliphatic heterocycles. The molecule has 0 atom stereocenters. The lowest BCUT2D eigenvalue weighted by Gasteiger charge is -2.14. The largest absolute Gasteiger partial charge is 0.421 e. The van der Waals surface area contributed by atoms with Crippen LogP contribution in [0.15, 0.2) is 316 Å². The molecule has 13 aromatic rings. The summed E-state index contributed by atoms with van der Waals surface area (Å²) in [7, 11) is 0. The number of fused-ring (bicyclic) bond motifs is 3. The molecule has 18 nitrogen and oxygen atoms in total. The average Bonchev–Trinajstić information content (AvgIpc) is 0.804. The van der Waals surface area contributed by atoms with Crippen LogP contribution in [-0.4, -0.2) is 17.9 Å². The van der Waals surface area contributed by atoms with E-state index < -0.39 is 17.9 Å². The lowest BCUT2D eigenvalue weighted by Crippen LogP contribution is -2.17. The van der Waals surface area contributed by atoms with Crippen LogP contribution in [0, 0.1) is 41.5 Å². The third kappa shape index (κ3) is 15.0. The maximum absolute atomic E-state index is 15.0. The number of benzene rings is 13. The van der Waals surface area contributed by atoms with E-state index >= 15 is 0 Å². The maximum Gasteiger partial charge on any atom is 0.343 e. The van der Waals surface area contributed by atoms with Gasteiger partial charge in [0.15, 0.2) is 17.2 Å². The summed E-state index contributed by atoms with van der Waals surface area (Å²) in [6, 6.07) is 75.8. The van der Waals surface area contributed by atoms with E-state index in [2.05, 4.69) is 46.0 Å². The fourth-order valence-electron chi connectivity index (χ4n) is 10.8. The number of carbonyl (C=O) groups is 3. The zero-order valence-electron chi connectivity index (χ0n) is 54.6. The SMILES string of the molecule is Cc1ccccc1N=Nc1ccc(N=Nc2c(OC(=O)c3cc(C(=O)Oc4ccc5ccccc5c4N=Nc4ccc(N=Nc5ccccc5C)cc4C)cc(C(=O)Oc4ccc5ccccc5c4N=Nc4ccc(N=Nc5ccccc5C)cc4C)c3)ccc3ccccc23)c(C)c1. The molecule has 0 spiro atoms. The van der Waals surface area contributed by atoms with E-state index in [0.29, 0.717) is 50.3 Å². The number of ether oxygens (including phenoxy) is 3. The van der Waals surface area contributed by atoms with E-state index in [1.54, 1.807) is 72.8 Å². The minimum absolute atomic E-state index is 0.0336. The second kappa shape index (κ2) is 29.1. The number of azo groups is 6. The van der Waals surface area contributed by atoms with Crippen molar-refractivity contribution in [1.29, 1.82) is 0 Å². The summed E-state index contributed by atoms with van der Waals surface area (Å²) in [6.45, 7) is 11.6. The number of rotatable bonds is 18. The lowest BCUT2D eigenvalue weighted by atomic mass is 10.0. The molecule has 99 heavy (non-hydrogen) atoms. The zero-order valence-corrected chi connectivity index (χ0v) is 54.6. The van der Waals surface area contributed by atoms with Crippen molar-refractivity contribution >= 4 is 118 Å². The molecular formula is C81H60N12O6. The van der Waals surface area contributed by atoms with Crippen LogP contribution in [0.1, 0.15) is 64.5 Å². The third-order valence-electron chi connectivity index (χ3n) is 16.3. The molecule has 0 aromatic heterocycles. The van der Waals surface area contributed by atoms with Crippen LogP contribution < -0.4 is 14.2 Å². The van der Waals surface area contributed by atoms with Crippen molar-refractivity contribution in [2.45, 2.75) is 41.5 Å². The minimum Gasteiger partial charge on any atom is -0.421 e. The van der Waals surface area contributed by atoms with Crippen LogP contribution in [0.25, 0.3) is 32.3 Å². The first-order chi connectivity index (χ1) is 48.2. The second-order valence-corrected chi connectivity index (χ2v) is 23.3. The van der Waals surface area contributed by atoms with Gasteiger partial charge >= 0.3 is 17.9 Å². The molecule has 0 N–H and O–H groups in total. The van der Waals surface area contributed by atoms with E-state index in [1.807, 2.05) is 205 Å². The van der Waals surface area contributed by atoms with Crippen LogP contribution in [0.2, 0.25) is 0 Å². The standard InChI is InChI=1S/C81H60N12O6/c1-49-19-7-16-28-67(49)85-82-61-34-37-70(52(4)43-61)88-91-76-64-25-13-10-22-55(64)31-40-73(76)97-79(94)58-46-59(80(95)98-74-41-32-56-23-11-14-26-65(56)77(74)92-89-71-38-35-62(44-53(71)5)83-86-68-29-17-8-20-50(68)2)48-60(47-58)81(96)99-75-42-33-57-24-12-15-27-66(57)78(75)93-90-72-39-36-63(45-54(72)6)84-87-69-30-18-9-21-51(69)3/h7-48H,1-6H3. The number of hydrogen-bond donors (Lipinski definition) is 0. The maximum atomic E-state index is 15.0. The molecule has 0 heterocycles. The topological polar surface area (TPSA) is 227 Å². The summed E-state index contributed by atoms with van der Waals surface area (Å²) in [5, 5.41) is 59.1. The van der Waals surface area contributed by atoms with E-state index in [9.17, 15) is 14.4 Å². The van der Waals surface area contributed by atoms with Gasteiger partial charge in [-0.3, -0.25) is 0 Å². The summed E-state index contributed by atoms with van der Waals surface area (Å²) in [6.07, 6.45) is 0. The molecule has 18 heteroatoms. The summed E-state index contributed by atoms with van der Waals surface area (Å²) < 4.78 is 18.8. The lowest BCUT2D eigenvalue weighted by molar-refractivity contribution is 0.0735. The van der Waals surface area contributed by atoms with Gasteiger partial charge in [0, 0.05) is 16.2 Å². The highest BCUT2D eigenvalue weighted by molar-refractivity contribution is 6.05. The molecule has 0 fully saturated rings. The number of carbonyl (C=O) groups excluding carboxylic acids is 3. The summed E-state index contributed by atoms with van der Waals surface area (Å²) >= 11 is 0. The van der Waals surface area contributed by atoms with Gasteiger partial charge in [-0.05, 0) is 200 Å². The highest BCUT2D eigenvalue weighted by Crippen LogP contribution is 2.43. The van der Waals surface area contributed by atoms with Gasteiger partial charge in [0.1, 0.15) is 17.1 Å². The Hall–Kier alpha value is -13.4. The number of hydrogen-bond acceptors (Lipinski definition) is 18.